The highest BCUT2D eigenvalue weighted by molar-refractivity contribution is 5.89. The highest BCUT2D eigenvalue weighted by Gasteiger charge is 2.16. The van der Waals surface area contributed by atoms with Gasteiger partial charge in [0.05, 0.1) is 5.39 Å². The van der Waals surface area contributed by atoms with Crippen molar-refractivity contribution in [2.75, 3.05) is 0 Å². The largest absolute Gasteiger partial charge is 0.507 e. The minimum absolute atomic E-state index is 0.372. The number of hydrogen-bond donors (Lipinski definition) is 1. The molecule has 1 N–H and O–H groups in total. The zero-order valence-electron chi connectivity index (χ0n) is 12.4. The number of fused-ring (bicyclic) bond motifs is 1. The molecule has 21 heavy (non-hydrogen) atoms. The van der Waals surface area contributed by atoms with Crippen LogP contribution in [-0.4, -0.2) is 10.1 Å². The van der Waals surface area contributed by atoms with Crippen LogP contribution in [0.2, 0.25) is 0 Å². The summed E-state index contributed by atoms with van der Waals surface area (Å²) in [5.41, 5.74) is 3.93. The van der Waals surface area contributed by atoms with E-state index in [-0.39, 0.29) is 0 Å². The Balaban J connectivity index is 2.05. The van der Waals surface area contributed by atoms with E-state index in [1.54, 1.807) is 12.4 Å². The number of nitrogens with zero attached hydrogens (tertiary/aromatic N) is 1. The minimum Gasteiger partial charge on any atom is -0.507 e. The molecule has 0 aliphatic carbocycles. The van der Waals surface area contributed by atoms with Gasteiger partial charge in [-0.2, -0.15) is 0 Å². The van der Waals surface area contributed by atoms with Crippen LogP contribution in [0.4, 0.5) is 0 Å². The molecule has 0 spiro atoms. The quantitative estimate of drug-likeness (QED) is 0.771. The number of rotatable bonds is 4. The van der Waals surface area contributed by atoms with Crippen molar-refractivity contribution in [2.24, 2.45) is 0 Å². The third-order valence-electron chi connectivity index (χ3n) is 3.88. The molecular formula is C18H19NO2. The van der Waals surface area contributed by atoms with Crippen LogP contribution < -0.4 is 0 Å². The van der Waals surface area contributed by atoms with Gasteiger partial charge in [0.15, 0.2) is 0 Å². The summed E-state index contributed by atoms with van der Waals surface area (Å²) >= 11 is 0. The van der Waals surface area contributed by atoms with E-state index in [0.29, 0.717) is 12.2 Å². The molecule has 3 aromatic rings. The van der Waals surface area contributed by atoms with Crippen LogP contribution in [0, 0.1) is 6.92 Å². The van der Waals surface area contributed by atoms with E-state index in [1.165, 1.54) is 0 Å². The van der Waals surface area contributed by atoms with Crippen LogP contribution in [0.15, 0.2) is 41.1 Å². The molecule has 3 nitrogen and oxygen atoms in total. The fraction of sp³-hybridized carbons (Fsp3) is 0.278. The topological polar surface area (TPSA) is 46.3 Å². The van der Waals surface area contributed by atoms with E-state index in [4.69, 9.17) is 4.42 Å². The van der Waals surface area contributed by atoms with Crippen molar-refractivity contribution in [1.29, 1.82) is 0 Å². The van der Waals surface area contributed by atoms with Gasteiger partial charge in [0.1, 0.15) is 17.1 Å². The molecule has 0 saturated heterocycles. The Morgan fingerprint density at radius 3 is 2.62 bits per heavy atom. The number of phenolic OH excluding ortho intramolecular Hbond substituents is 1. The van der Waals surface area contributed by atoms with Gasteiger partial charge in [-0.05, 0) is 42.7 Å². The molecule has 0 radical (unpaired) electrons. The van der Waals surface area contributed by atoms with E-state index in [1.807, 2.05) is 31.2 Å². The average Bonchev–Trinajstić information content (AvgIpc) is 2.80. The summed E-state index contributed by atoms with van der Waals surface area (Å²) in [4.78, 5) is 4.03. The lowest BCUT2D eigenvalue weighted by molar-refractivity contribution is 0.473. The Bertz CT molecular complexity index is 760. The molecule has 0 bridgehead atoms. The molecule has 1 aromatic carbocycles. The smallest absolute Gasteiger partial charge is 0.138 e. The third kappa shape index (κ3) is 2.51. The zero-order valence-corrected chi connectivity index (χ0v) is 12.4. The molecule has 0 aliphatic rings. The molecule has 3 heteroatoms. The van der Waals surface area contributed by atoms with Crippen molar-refractivity contribution in [1.82, 2.24) is 4.98 Å². The Hall–Kier alpha value is -2.29. The summed E-state index contributed by atoms with van der Waals surface area (Å²) in [6.45, 7) is 4.12. The van der Waals surface area contributed by atoms with Gasteiger partial charge in [-0.1, -0.05) is 19.4 Å². The first-order valence-electron chi connectivity index (χ1n) is 7.32. The fourth-order valence-corrected chi connectivity index (χ4v) is 2.74. The number of aromatic hydroxyl groups is 1. The normalized spacial score (nSPS) is 11.1. The van der Waals surface area contributed by atoms with Gasteiger partial charge >= 0.3 is 0 Å². The predicted molar refractivity (Wildman–Crippen MR) is 83.7 cm³/mol. The van der Waals surface area contributed by atoms with Crippen molar-refractivity contribution in [3.05, 3.63) is 59.1 Å². The Morgan fingerprint density at radius 2 is 1.90 bits per heavy atom. The first kappa shape index (κ1) is 13.7. The minimum atomic E-state index is 0.372. The average molecular weight is 281 g/mol. The fourth-order valence-electron chi connectivity index (χ4n) is 2.74. The van der Waals surface area contributed by atoms with Gasteiger partial charge in [0.25, 0.3) is 0 Å². The van der Waals surface area contributed by atoms with Crippen LogP contribution in [0.1, 0.15) is 35.8 Å². The second kappa shape index (κ2) is 5.60. The summed E-state index contributed by atoms with van der Waals surface area (Å²) in [6.07, 6.45) is 6.17. The summed E-state index contributed by atoms with van der Waals surface area (Å²) in [5.74, 6) is 1.27. The molecule has 0 fully saturated rings. The molecule has 0 unspecified atom stereocenters. The monoisotopic (exact) mass is 281 g/mol. The highest BCUT2D eigenvalue weighted by Crippen LogP contribution is 2.36. The summed E-state index contributed by atoms with van der Waals surface area (Å²) in [7, 11) is 0. The molecule has 2 heterocycles. The molecule has 3 rings (SSSR count). The van der Waals surface area contributed by atoms with Crippen molar-refractivity contribution in [3.8, 4) is 5.75 Å². The summed E-state index contributed by atoms with van der Waals surface area (Å²) < 4.78 is 5.94. The number of phenols is 1. The number of benzene rings is 1. The zero-order chi connectivity index (χ0) is 14.8. The standard InChI is InChI=1S/C18H19NO2/c1-3-4-14-5-6-15-17(18(14)20)12(2)16(21-15)11-13-7-9-19-10-8-13/h5-10,20H,3-4,11H2,1-2H3. The lowest BCUT2D eigenvalue weighted by Crippen LogP contribution is -1.88. The van der Waals surface area contributed by atoms with Crippen LogP contribution >= 0.6 is 0 Å². The number of furan rings is 1. The van der Waals surface area contributed by atoms with Crippen molar-refractivity contribution in [2.45, 2.75) is 33.1 Å². The first-order valence-corrected chi connectivity index (χ1v) is 7.32. The molecular weight excluding hydrogens is 262 g/mol. The van der Waals surface area contributed by atoms with Gasteiger partial charge in [-0.15, -0.1) is 0 Å². The lowest BCUT2D eigenvalue weighted by Gasteiger charge is -2.04. The summed E-state index contributed by atoms with van der Waals surface area (Å²) in [5, 5.41) is 11.3. The first-order chi connectivity index (χ1) is 10.2. The third-order valence-corrected chi connectivity index (χ3v) is 3.88. The summed E-state index contributed by atoms with van der Waals surface area (Å²) in [6, 6.07) is 7.88. The maximum Gasteiger partial charge on any atom is 0.138 e. The maximum absolute atomic E-state index is 10.5. The molecule has 0 amide bonds. The van der Waals surface area contributed by atoms with Crippen LogP contribution in [0.25, 0.3) is 11.0 Å². The van der Waals surface area contributed by atoms with Crippen molar-refractivity contribution in [3.63, 3.8) is 0 Å². The second-order valence-electron chi connectivity index (χ2n) is 5.38. The van der Waals surface area contributed by atoms with Gasteiger partial charge in [0, 0.05) is 24.4 Å². The van der Waals surface area contributed by atoms with Gasteiger partial charge in [-0.3, -0.25) is 4.98 Å². The number of pyridine rings is 1. The van der Waals surface area contributed by atoms with E-state index >= 15 is 0 Å². The van der Waals surface area contributed by atoms with Gasteiger partial charge in [-0.25, -0.2) is 0 Å². The number of aromatic nitrogens is 1. The van der Waals surface area contributed by atoms with Crippen molar-refractivity contribution >= 4 is 11.0 Å². The van der Waals surface area contributed by atoms with Gasteiger partial charge < -0.3 is 9.52 Å². The molecule has 0 aliphatic heterocycles. The highest BCUT2D eigenvalue weighted by atomic mass is 16.3. The maximum atomic E-state index is 10.5. The second-order valence-corrected chi connectivity index (χ2v) is 5.38. The molecule has 2 aromatic heterocycles. The van der Waals surface area contributed by atoms with Crippen LogP contribution in [-0.2, 0) is 12.8 Å². The predicted octanol–water partition coefficient (Wildman–Crippen LogP) is 4.39. The van der Waals surface area contributed by atoms with Crippen LogP contribution in [0.3, 0.4) is 0 Å². The Kier molecular flexibility index (Phi) is 3.65. The van der Waals surface area contributed by atoms with E-state index in [9.17, 15) is 5.11 Å². The Labute approximate surface area is 124 Å². The van der Waals surface area contributed by atoms with Crippen LogP contribution in [0.5, 0.6) is 5.75 Å². The molecule has 0 atom stereocenters. The Morgan fingerprint density at radius 1 is 1.14 bits per heavy atom. The molecule has 0 saturated carbocycles. The van der Waals surface area contributed by atoms with E-state index < -0.39 is 0 Å². The SMILES string of the molecule is CCCc1ccc2oc(Cc3ccncc3)c(C)c2c1O. The molecule has 108 valence electrons. The number of aryl methyl sites for hydroxylation is 2. The van der Waals surface area contributed by atoms with Crippen molar-refractivity contribution < 1.29 is 9.52 Å². The van der Waals surface area contributed by atoms with E-state index in [0.717, 1.165) is 46.3 Å². The van der Waals surface area contributed by atoms with Gasteiger partial charge in [0.2, 0.25) is 0 Å². The lowest BCUT2D eigenvalue weighted by atomic mass is 10.0. The van der Waals surface area contributed by atoms with E-state index in [2.05, 4.69) is 11.9 Å². The number of hydrogen-bond acceptors (Lipinski definition) is 3.